The highest BCUT2D eigenvalue weighted by atomic mass is 35.5. The van der Waals surface area contributed by atoms with Gasteiger partial charge in [-0.05, 0) is 17.7 Å². The minimum absolute atomic E-state index is 0. The van der Waals surface area contributed by atoms with Gasteiger partial charge in [0, 0.05) is 32.1 Å². The molecule has 1 aliphatic heterocycles. The second-order valence-electron chi connectivity index (χ2n) is 4.81. The van der Waals surface area contributed by atoms with Crippen LogP contribution in [0.5, 0.6) is 5.75 Å². The molecule has 4 nitrogen and oxygen atoms in total. The molecule has 0 amide bonds. The Hall–Kier alpha value is -1.02. The molecule has 3 N–H and O–H groups in total. The van der Waals surface area contributed by atoms with Gasteiger partial charge < -0.3 is 20.5 Å². The van der Waals surface area contributed by atoms with Gasteiger partial charge in [0.2, 0.25) is 0 Å². The summed E-state index contributed by atoms with van der Waals surface area (Å²) in [5, 5.41) is 15.8. The molecular weight excluding hydrogens is 309 g/mol. The number of ether oxygens (including phenoxy) is 1. The van der Waals surface area contributed by atoms with Crippen molar-refractivity contribution in [3.63, 3.8) is 0 Å². The second-order valence-corrected chi connectivity index (χ2v) is 4.81. The van der Waals surface area contributed by atoms with Gasteiger partial charge >= 0.3 is 6.36 Å². The number of alkyl halides is 3. The fourth-order valence-electron chi connectivity index (χ4n) is 2.18. The van der Waals surface area contributed by atoms with Gasteiger partial charge in [0.25, 0.3) is 0 Å². The van der Waals surface area contributed by atoms with E-state index in [1.54, 1.807) is 6.07 Å². The summed E-state index contributed by atoms with van der Waals surface area (Å²) in [6, 6.07) is 5.86. The maximum absolute atomic E-state index is 12.1. The van der Waals surface area contributed by atoms with Crippen LogP contribution in [0.15, 0.2) is 24.3 Å². The second kappa shape index (κ2) is 7.84. The molecular formula is C13H18ClF3N2O2. The summed E-state index contributed by atoms with van der Waals surface area (Å²) in [6.07, 6.45) is -5.05. The largest absolute Gasteiger partial charge is 0.573 e. The lowest BCUT2D eigenvalue weighted by Gasteiger charge is -2.14. The van der Waals surface area contributed by atoms with Crippen molar-refractivity contribution in [2.45, 2.75) is 19.0 Å². The molecule has 0 saturated carbocycles. The maximum Gasteiger partial charge on any atom is 0.573 e. The third-order valence-corrected chi connectivity index (χ3v) is 3.17. The number of benzene rings is 1. The van der Waals surface area contributed by atoms with E-state index in [2.05, 4.69) is 15.4 Å². The maximum atomic E-state index is 12.1. The van der Waals surface area contributed by atoms with E-state index in [4.69, 9.17) is 0 Å². The molecule has 1 fully saturated rings. The number of hydrogen-bond donors (Lipinski definition) is 3. The molecule has 0 aliphatic carbocycles. The molecule has 2 atom stereocenters. The van der Waals surface area contributed by atoms with E-state index < -0.39 is 6.36 Å². The highest BCUT2D eigenvalue weighted by molar-refractivity contribution is 5.85. The van der Waals surface area contributed by atoms with Crippen molar-refractivity contribution in [1.29, 1.82) is 0 Å². The van der Waals surface area contributed by atoms with Gasteiger partial charge in [-0.25, -0.2) is 0 Å². The molecule has 0 spiro atoms. The molecule has 1 aromatic rings. The van der Waals surface area contributed by atoms with Gasteiger partial charge in [-0.1, -0.05) is 12.1 Å². The minimum atomic E-state index is -4.67. The summed E-state index contributed by atoms with van der Waals surface area (Å²) in [6.45, 7) is 2.36. The first kappa shape index (κ1) is 18.0. The lowest BCUT2D eigenvalue weighted by Crippen LogP contribution is -2.30. The molecule has 2 unspecified atom stereocenters. The number of β-amino-alcohol motifs (C(OH)–C–C–N with tert-alkyl or cyclic N) is 1. The predicted octanol–water partition coefficient (Wildman–Crippen LogP) is 1.68. The average Bonchev–Trinajstić information content (AvgIpc) is 2.73. The van der Waals surface area contributed by atoms with Crippen LogP contribution in [-0.2, 0) is 6.54 Å². The Labute approximate surface area is 127 Å². The molecule has 1 saturated heterocycles. The topological polar surface area (TPSA) is 53.5 Å². The number of hydrogen-bond acceptors (Lipinski definition) is 4. The van der Waals surface area contributed by atoms with Crippen LogP contribution in [0.4, 0.5) is 13.2 Å². The first-order valence-electron chi connectivity index (χ1n) is 6.38. The molecule has 21 heavy (non-hydrogen) atoms. The van der Waals surface area contributed by atoms with Crippen LogP contribution in [0.2, 0.25) is 0 Å². The van der Waals surface area contributed by atoms with Crippen LogP contribution in [0, 0.1) is 5.92 Å². The van der Waals surface area contributed by atoms with Crippen LogP contribution in [0.3, 0.4) is 0 Å². The van der Waals surface area contributed by atoms with Crippen molar-refractivity contribution in [2.24, 2.45) is 5.92 Å². The quantitative estimate of drug-likeness (QED) is 0.770. The minimum Gasteiger partial charge on any atom is -0.406 e. The Bertz CT molecular complexity index is 446. The highest BCUT2D eigenvalue weighted by Crippen LogP contribution is 2.23. The van der Waals surface area contributed by atoms with Crippen LogP contribution in [-0.4, -0.2) is 37.2 Å². The van der Waals surface area contributed by atoms with Gasteiger partial charge in [-0.3, -0.25) is 0 Å². The molecule has 120 valence electrons. The average molecular weight is 327 g/mol. The fourth-order valence-corrected chi connectivity index (χ4v) is 2.18. The molecule has 8 heteroatoms. The summed E-state index contributed by atoms with van der Waals surface area (Å²) < 4.78 is 40.2. The van der Waals surface area contributed by atoms with Crippen LogP contribution < -0.4 is 15.4 Å². The van der Waals surface area contributed by atoms with Crippen LogP contribution >= 0.6 is 12.4 Å². The number of rotatable bonds is 5. The summed E-state index contributed by atoms with van der Waals surface area (Å²) in [4.78, 5) is 0. The third-order valence-electron chi connectivity index (χ3n) is 3.17. The Morgan fingerprint density at radius 2 is 2.10 bits per heavy atom. The van der Waals surface area contributed by atoms with E-state index in [1.165, 1.54) is 18.2 Å². The number of nitrogens with one attached hydrogen (secondary N) is 2. The number of aliphatic hydroxyl groups is 1. The number of halogens is 4. The smallest absolute Gasteiger partial charge is 0.406 e. The summed E-state index contributed by atoms with van der Waals surface area (Å²) in [5.74, 6) is -0.0935. The monoisotopic (exact) mass is 326 g/mol. The standard InChI is InChI=1S/C13H17F3N2O2.ClH/c14-13(15,16)20-11-3-1-2-9(4-11)5-17-6-10-7-18-8-12(10)19;/h1-4,10,12,17-19H,5-8H2;1H. The van der Waals surface area contributed by atoms with E-state index >= 15 is 0 Å². The SMILES string of the molecule is Cl.OC1CNCC1CNCc1cccc(OC(F)(F)F)c1. The molecule has 0 aromatic heterocycles. The first-order chi connectivity index (χ1) is 9.44. The van der Waals surface area contributed by atoms with E-state index in [9.17, 15) is 18.3 Å². The van der Waals surface area contributed by atoms with Gasteiger partial charge in [-0.2, -0.15) is 0 Å². The summed E-state index contributed by atoms with van der Waals surface area (Å²) in [5.41, 5.74) is 0.701. The molecule has 1 aliphatic rings. The van der Waals surface area contributed by atoms with Crippen molar-refractivity contribution in [3.05, 3.63) is 29.8 Å². The van der Waals surface area contributed by atoms with Crippen molar-refractivity contribution in [1.82, 2.24) is 10.6 Å². The Balaban J connectivity index is 0.00000220. The van der Waals surface area contributed by atoms with Crippen molar-refractivity contribution < 1.29 is 23.0 Å². The molecule has 2 rings (SSSR count). The Morgan fingerprint density at radius 1 is 1.33 bits per heavy atom. The van der Waals surface area contributed by atoms with Crippen LogP contribution in [0.25, 0.3) is 0 Å². The Kier molecular flexibility index (Phi) is 6.73. The van der Waals surface area contributed by atoms with E-state index in [-0.39, 0.29) is 30.2 Å². The Morgan fingerprint density at radius 3 is 2.71 bits per heavy atom. The van der Waals surface area contributed by atoms with Crippen LogP contribution in [0.1, 0.15) is 5.56 Å². The normalized spacial score (nSPS) is 21.9. The van der Waals surface area contributed by atoms with Gasteiger partial charge in [0.05, 0.1) is 6.10 Å². The van der Waals surface area contributed by atoms with Crippen molar-refractivity contribution in [2.75, 3.05) is 19.6 Å². The van der Waals surface area contributed by atoms with Gasteiger partial charge in [-0.15, -0.1) is 25.6 Å². The summed E-state index contributed by atoms with van der Waals surface area (Å²) in [7, 11) is 0. The van der Waals surface area contributed by atoms with Crippen molar-refractivity contribution in [3.8, 4) is 5.75 Å². The highest BCUT2D eigenvalue weighted by Gasteiger charge is 2.31. The zero-order valence-electron chi connectivity index (χ0n) is 11.2. The first-order valence-corrected chi connectivity index (χ1v) is 6.38. The molecule has 0 bridgehead atoms. The predicted molar refractivity (Wildman–Crippen MR) is 74.4 cm³/mol. The lowest BCUT2D eigenvalue weighted by molar-refractivity contribution is -0.274. The molecule has 0 radical (unpaired) electrons. The van der Waals surface area contributed by atoms with Gasteiger partial charge in [0.1, 0.15) is 5.75 Å². The fraction of sp³-hybridized carbons (Fsp3) is 0.538. The zero-order valence-corrected chi connectivity index (χ0v) is 12.0. The van der Waals surface area contributed by atoms with Crippen molar-refractivity contribution >= 4 is 12.4 Å². The summed E-state index contributed by atoms with van der Waals surface area (Å²) >= 11 is 0. The zero-order chi connectivity index (χ0) is 14.6. The van der Waals surface area contributed by atoms with E-state index in [0.29, 0.717) is 25.2 Å². The van der Waals surface area contributed by atoms with E-state index in [1.807, 2.05) is 0 Å². The number of aliphatic hydroxyl groups excluding tert-OH is 1. The van der Waals surface area contributed by atoms with E-state index in [0.717, 1.165) is 6.54 Å². The molecule has 1 aromatic carbocycles. The van der Waals surface area contributed by atoms with Gasteiger partial charge in [0.15, 0.2) is 0 Å². The third kappa shape index (κ3) is 6.09. The molecule has 1 heterocycles. The lowest BCUT2D eigenvalue weighted by atomic mass is 10.1.